The van der Waals surface area contributed by atoms with E-state index in [0.717, 1.165) is 23.8 Å². The summed E-state index contributed by atoms with van der Waals surface area (Å²) in [6.07, 6.45) is -7.44. The van der Waals surface area contributed by atoms with Gasteiger partial charge in [0, 0.05) is 5.56 Å². The average Bonchev–Trinajstić information content (AvgIpc) is 2.58. The minimum atomic E-state index is -4.90. The summed E-state index contributed by atoms with van der Waals surface area (Å²) in [6.45, 7) is 1.76. The first-order chi connectivity index (χ1) is 12.6. The number of hydrogen-bond acceptors (Lipinski definition) is 2. The zero-order valence-electron chi connectivity index (χ0n) is 13.8. The third-order valence-electron chi connectivity index (χ3n) is 3.39. The van der Waals surface area contributed by atoms with Crippen LogP contribution < -0.4 is 16.0 Å². The maximum atomic E-state index is 13.6. The van der Waals surface area contributed by atoms with Crippen LogP contribution in [0.25, 0.3) is 0 Å². The Morgan fingerprint density at radius 1 is 1.04 bits per heavy atom. The molecule has 3 N–H and O–H groups in total. The first kappa shape index (κ1) is 20.6. The molecule has 0 bridgehead atoms. The van der Waals surface area contributed by atoms with Crippen molar-refractivity contribution in [2.24, 2.45) is 0 Å². The molecule has 1 atom stereocenters. The maximum Gasteiger partial charge on any atom is 0.427 e. The van der Waals surface area contributed by atoms with E-state index >= 15 is 0 Å². The molecule has 0 aliphatic heterocycles. The number of alkyl halides is 3. The molecule has 2 aromatic carbocycles. The molecular formula is C17H14F5N3OS. The third-order valence-corrected chi connectivity index (χ3v) is 3.61. The van der Waals surface area contributed by atoms with Crippen LogP contribution in [0.4, 0.5) is 27.6 Å². The van der Waals surface area contributed by atoms with Crippen molar-refractivity contribution in [3.05, 3.63) is 65.2 Å². The molecule has 0 radical (unpaired) electrons. The van der Waals surface area contributed by atoms with E-state index in [0.29, 0.717) is 0 Å². The van der Waals surface area contributed by atoms with Gasteiger partial charge in [-0.15, -0.1) is 0 Å². The van der Waals surface area contributed by atoms with Gasteiger partial charge in [0.2, 0.25) is 0 Å². The standard InChI is InChI=1S/C17H14F5N3OS/c1-9-5-7-10(8-6-9)14(26)24-15(17(20,21)22)25-16(27)23-12-4-2-3-11(18)13(12)19/h2-8,15H,1H3,(H,24,26)(H2,23,25,27). The van der Waals surface area contributed by atoms with Gasteiger partial charge in [0.25, 0.3) is 5.91 Å². The van der Waals surface area contributed by atoms with Crippen molar-refractivity contribution in [3.63, 3.8) is 0 Å². The summed E-state index contributed by atoms with van der Waals surface area (Å²) in [7, 11) is 0. The van der Waals surface area contributed by atoms with E-state index in [1.54, 1.807) is 24.4 Å². The van der Waals surface area contributed by atoms with Gasteiger partial charge in [0.15, 0.2) is 22.9 Å². The molecule has 144 valence electrons. The Balaban J connectivity index is 2.10. The molecule has 0 saturated heterocycles. The van der Waals surface area contributed by atoms with Crippen LogP contribution in [0.1, 0.15) is 15.9 Å². The van der Waals surface area contributed by atoms with Gasteiger partial charge in [-0.3, -0.25) is 4.79 Å². The lowest BCUT2D eigenvalue weighted by Crippen LogP contribution is -2.57. The van der Waals surface area contributed by atoms with E-state index in [1.807, 2.05) is 5.32 Å². The lowest BCUT2D eigenvalue weighted by Gasteiger charge is -2.24. The molecule has 0 aliphatic carbocycles. The number of nitrogens with one attached hydrogen (secondary N) is 3. The summed E-state index contributed by atoms with van der Waals surface area (Å²) in [5.41, 5.74) is 0.407. The molecule has 1 unspecified atom stereocenters. The maximum absolute atomic E-state index is 13.6. The van der Waals surface area contributed by atoms with E-state index in [9.17, 15) is 26.7 Å². The summed E-state index contributed by atoms with van der Waals surface area (Å²) in [5, 5.41) is 5.08. The Hall–Kier alpha value is -2.75. The number of halogens is 5. The highest BCUT2D eigenvalue weighted by Gasteiger charge is 2.41. The monoisotopic (exact) mass is 403 g/mol. The highest BCUT2D eigenvalue weighted by atomic mass is 32.1. The number of thiocarbonyl (C=S) groups is 1. The summed E-state index contributed by atoms with van der Waals surface area (Å²) in [4.78, 5) is 12.0. The molecule has 0 saturated carbocycles. The van der Waals surface area contributed by atoms with Gasteiger partial charge in [-0.05, 0) is 43.4 Å². The Bertz CT molecular complexity index is 839. The fraction of sp³-hybridized carbons (Fsp3) is 0.176. The highest BCUT2D eigenvalue weighted by Crippen LogP contribution is 2.20. The lowest BCUT2D eigenvalue weighted by atomic mass is 10.1. The largest absolute Gasteiger partial charge is 0.427 e. The minimum absolute atomic E-state index is 0.0201. The quantitative estimate of drug-likeness (QED) is 0.412. The number of aryl methyl sites for hydroxylation is 1. The number of rotatable bonds is 4. The Morgan fingerprint density at radius 3 is 2.26 bits per heavy atom. The second-order valence-electron chi connectivity index (χ2n) is 5.51. The van der Waals surface area contributed by atoms with Gasteiger partial charge in [-0.25, -0.2) is 8.78 Å². The van der Waals surface area contributed by atoms with Gasteiger partial charge >= 0.3 is 6.18 Å². The zero-order valence-corrected chi connectivity index (χ0v) is 14.6. The normalized spacial score (nSPS) is 12.2. The SMILES string of the molecule is Cc1ccc(C(=O)NC(NC(=S)Nc2cccc(F)c2F)C(F)(F)F)cc1. The van der Waals surface area contributed by atoms with E-state index in [1.165, 1.54) is 12.1 Å². The van der Waals surface area contributed by atoms with Gasteiger partial charge in [0.1, 0.15) is 0 Å². The van der Waals surface area contributed by atoms with Crippen LogP contribution in [0.15, 0.2) is 42.5 Å². The minimum Gasteiger partial charge on any atom is -0.335 e. The first-order valence-electron chi connectivity index (χ1n) is 7.53. The van der Waals surface area contributed by atoms with Crippen LogP contribution in [-0.2, 0) is 0 Å². The van der Waals surface area contributed by atoms with Crippen molar-refractivity contribution in [2.45, 2.75) is 19.3 Å². The van der Waals surface area contributed by atoms with Crippen LogP contribution >= 0.6 is 12.2 Å². The smallest absolute Gasteiger partial charge is 0.335 e. The van der Waals surface area contributed by atoms with Gasteiger partial charge in [0.05, 0.1) is 5.69 Å². The highest BCUT2D eigenvalue weighted by molar-refractivity contribution is 7.80. The second kappa shape index (κ2) is 8.30. The van der Waals surface area contributed by atoms with Crippen molar-refractivity contribution in [1.29, 1.82) is 0 Å². The van der Waals surface area contributed by atoms with Crippen molar-refractivity contribution >= 4 is 28.9 Å². The third kappa shape index (κ3) is 5.61. The van der Waals surface area contributed by atoms with Crippen LogP contribution in [0.5, 0.6) is 0 Å². The van der Waals surface area contributed by atoms with E-state index in [-0.39, 0.29) is 5.56 Å². The second-order valence-corrected chi connectivity index (χ2v) is 5.92. The van der Waals surface area contributed by atoms with Crippen LogP contribution in [-0.4, -0.2) is 23.4 Å². The number of anilines is 1. The number of amides is 1. The number of hydrogen-bond donors (Lipinski definition) is 3. The molecule has 4 nitrogen and oxygen atoms in total. The summed E-state index contributed by atoms with van der Waals surface area (Å²) in [5.74, 6) is -3.47. The average molecular weight is 403 g/mol. The van der Waals surface area contributed by atoms with Gasteiger partial charge < -0.3 is 16.0 Å². The molecule has 0 aliphatic rings. The van der Waals surface area contributed by atoms with Crippen LogP contribution in [0.3, 0.4) is 0 Å². The van der Waals surface area contributed by atoms with Crippen LogP contribution in [0, 0.1) is 18.6 Å². The molecule has 0 fully saturated rings. The number of benzene rings is 2. The van der Waals surface area contributed by atoms with Crippen LogP contribution in [0.2, 0.25) is 0 Å². The molecular weight excluding hydrogens is 389 g/mol. The molecule has 1 amide bonds. The number of carbonyl (C=O) groups excluding carboxylic acids is 1. The van der Waals surface area contributed by atoms with Crippen molar-refractivity contribution in [1.82, 2.24) is 10.6 Å². The Kier molecular flexibility index (Phi) is 6.32. The topological polar surface area (TPSA) is 53.2 Å². The van der Waals surface area contributed by atoms with Gasteiger partial charge in [-0.1, -0.05) is 23.8 Å². The predicted octanol–water partition coefficient (Wildman–Crippen LogP) is 3.88. The first-order valence-corrected chi connectivity index (χ1v) is 7.94. The van der Waals surface area contributed by atoms with E-state index in [2.05, 4.69) is 5.32 Å². The summed E-state index contributed by atoms with van der Waals surface area (Å²) >= 11 is 4.71. The fourth-order valence-corrected chi connectivity index (χ4v) is 2.24. The van der Waals surface area contributed by atoms with E-state index in [4.69, 9.17) is 12.2 Å². The molecule has 0 spiro atoms. The fourth-order valence-electron chi connectivity index (χ4n) is 2.01. The molecule has 2 rings (SSSR count). The predicted molar refractivity (Wildman–Crippen MR) is 94.2 cm³/mol. The molecule has 0 aromatic heterocycles. The Morgan fingerprint density at radius 2 is 1.67 bits per heavy atom. The summed E-state index contributed by atoms with van der Waals surface area (Å²) < 4.78 is 66.3. The molecule has 27 heavy (non-hydrogen) atoms. The Labute approximate surface area is 156 Å². The van der Waals surface area contributed by atoms with Crippen molar-refractivity contribution in [3.8, 4) is 0 Å². The molecule has 10 heteroatoms. The lowest BCUT2D eigenvalue weighted by molar-refractivity contribution is -0.156. The molecule has 0 heterocycles. The zero-order chi connectivity index (χ0) is 20.2. The molecule has 2 aromatic rings. The van der Waals surface area contributed by atoms with E-state index < -0.39 is 40.7 Å². The number of carbonyl (C=O) groups is 1. The van der Waals surface area contributed by atoms with Crippen molar-refractivity contribution in [2.75, 3.05) is 5.32 Å². The van der Waals surface area contributed by atoms with Gasteiger partial charge in [-0.2, -0.15) is 13.2 Å². The summed E-state index contributed by atoms with van der Waals surface area (Å²) in [6, 6.07) is 8.99. The van der Waals surface area contributed by atoms with Crippen molar-refractivity contribution < 1.29 is 26.7 Å².